The van der Waals surface area contributed by atoms with Crippen LogP contribution in [0.25, 0.3) is 10.9 Å². The normalized spacial score (nSPS) is 15.3. The first-order chi connectivity index (χ1) is 10.0. The minimum absolute atomic E-state index is 0.176. The largest absolute Gasteiger partial charge is 0.396 e. The standard InChI is InChI=1S/C16H21NO3S/c1-21(19,20)12-7-8-16-14(11-12)13-5-2-3-6-15(13)17(16)9-4-10-18/h7-8,11,18H,2-6,9-10H2,1H3. The van der Waals surface area contributed by atoms with Crippen molar-refractivity contribution in [3.63, 3.8) is 0 Å². The number of hydrogen-bond donors (Lipinski definition) is 1. The lowest BCUT2D eigenvalue weighted by atomic mass is 9.95. The number of nitrogens with zero attached hydrogens (tertiary/aromatic N) is 1. The molecule has 4 nitrogen and oxygen atoms in total. The number of fused-ring (bicyclic) bond motifs is 3. The van der Waals surface area contributed by atoms with Crippen LogP contribution in [0.3, 0.4) is 0 Å². The van der Waals surface area contributed by atoms with E-state index >= 15 is 0 Å². The second kappa shape index (κ2) is 5.46. The maximum Gasteiger partial charge on any atom is 0.175 e. The summed E-state index contributed by atoms with van der Waals surface area (Å²) < 4.78 is 25.8. The SMILES string of the molecule is CS(=O)(=O)c1ccc2c(c1)c1c(n2CCCO)CCCC1. The molecule has 1 aliphatic carbocycles. The van der Waals surface area contributed by atoms with E-state index in [-0.39, 0.29) is 6.61 Å². The summed E-state index contributed by atoms with van der Waals surface area (Å²) in [6.45, 7) is 0.969. The van der Waals surface area contributed by atoms with Crippen molar-refractivity contribution in [2.24, 2.45) is 0 Å². The van der Waals surface area contributed by atoms with E-state index in [1.165, 1.54) is 23.9 Å². The molecule has 1 N–H and O–H groups in total. The van der Waals surface area contributed by atoms with Gasteiger partial charge < -0.3 is 9.67 Å². The Morgan fingerprint density at radius 1 is 1.24 bits per heavy atom. The van der Waals surface area contributed by atoms with E-state index in [2.05, 4.69) is 4.57 Å². The number of aliphatic hydroxyl groups excluding tert-OH is 1. The van der Waals surface area contributed by atoms with Gasteiger partial charge in [-0.25, -0.2) is 8.42 Å². The molecule has 1 aromatic carbocycles. The summed E-state index contributed by atoms with van der Waals surface area (Å²) in [6.07, 6.45) is 6.39. The zero-order chi connectivity index (χ0) is 15.0. The monoisotopic (exact) mass is 307 g/mol. The number of rotatable bonds is 4. The van der Waals surface area contributed by atoms with Gasteiger partial charge in [-0.1, -0.05) is 0 Å². The third kappa shape index (κ3) is 2.60. The summed E-state index contributed by atoms with van der Waals surface area (Å²) in [5, 5.41) is 10.2. The van der Waals surface area contributed by atoms with E-state index < -0.39 is 9.84 Å². The Balaban J connectivity index is 2.22. The molecule has 0 saturated carbocycles. The highest BCUT2D eigenvalue weighted by Crippen LogP contribution is 2.33. The smallest absolute Gasteiger partial charge is 0.175 e. The summed E-state index contributed by atoms with van der Waals surface area (Å²) >= 11 is 0. The van der Waals surface area contributed by atoms with Crippen molar-refractivity contribution in [3.05, 3.63) is 29.5 Å². The van der Waals surface area contributed by atoms with Crippen molar-refractivity contribution in [2.75, 3.05) is 12.9 Å². The van der Waals surface area contributed by atoms with E-state index in [0.717, 1.165) is 43.1 Å². The van der Waals surface area contributed by atoms with E-state index in [1.54, 1.807) is 6.07 Å². The summed E-state index contributed by atoms with van der Waals surface area (Å²) in [5.74, 6) is 0. The Bertz CT molecular complexity index is 774. The topological polar surface area (TPSA) is 59.3 Å². The van der Waals surface area contributed by atoms with Crippen LogP contribution >= 0.6 is 0 Å². The molecule has 0 fully saturated rings. The highest BCUT2D eigenvalue weighted by atomic mass is 32.2. The molecule has 0 saturated heterocycles. The van der Waals surface area contributed by atoms with Crippen molar-refractivity contribution < 1.29 is 13.5 Å². The van der Waals surface area contributed by atoms with E-state index in [0.29, 0.717) is 4.90 Å². The fourth-order valence-corrected chi connectivity index (χ4v) is 3.98. The minimum atomic E-state index is -3.18. The van der Waals surface area contributed by atoms with Crippen LogP contribution < -0.4 is 0 Å². The second-order valence-corrected chi connectivity index (χ2v) is 7.83. The van der Waals surface area contributed by atoms with Gasteiger partial charge in [-0.2, -0.15) is 0 Å². The Morgan fingerprint density at radius 3 is 2.71 bits per heavy atom. The fourth-order valence-electron chi connectivity index (χ4n) is 3.33. The molecular weight excluding hydrogens is 286 g/mol. The first kappa shape index (κ1) is 14.6. The summed E-state index contributed by atoms with van der Waals surface area (Å²) in [7, 11) is -3.18. The number of sulfone groups is 1. The zero-order valence-electron chi connectivity index (χ0n) is 12.3. The van der Waals surface area contributed by atoms with Crippen LogP contribution in [0.15, 0.2) is 23.1 Å². The molecule has 5 heteroatoms. The molecule has 0 spiro atoms. The lowest BCUT2D eigenvalue weighted by Gasteiger charge is -2.15. The van der Waals surface area contributed by atoms with Gasteiger partial charge in [0.15, 0.2) is 9.84 Å². The molecule has 0 radical (unpaired) electrons. The summed E-state index contributed by atoms with van der Waals surface area (Å²) in [6, 6.07) is 5.43. The highest BCUT2D eigenvalue weighted by molar-refractivity contribution is 7.90. The first-order valence-corrected chi connectivity index (χ1v) is 9.36. The van der Waals surface area contributed by atoms with Crippen LogP contribution in [-0.2, 0) is 29.2 Å². The van der Waals surface area contributed by atoms with Gasteiger partial charge in [-0.3, -0.25) is 0 Å². The second-order valence-electron chi connectivity index (χ2n) is 5.81. The van der Waals surface area contributed by atoms with E-state index in [1.807, 2.05) is 12.1 Å². The van der Waals surface area contributed by atoms with Crippen LogP contribution in [0.1, 0.15) is 30.5 Å². The Morgan fingerprint density at radius 2 is 2.00 bits per heavy atom. The third-order valence-corrected chi connectivity index (χ3v) is 5.43. The van der Waals surface area contributed by atoms with Gasteiger partial charge in [0.25, 0.3) is 0 Å². The van der Waals surface area contributed by atoms with E-state index in [9.17, 15) is 8.42 Å². The summed E-state index contributed by atoms with van der Waals surface area (Å²) in [5.41, 5.74) is 3.73. The molecule has 0 unspecified atom stereocenters. The molecular formula is C16H21NO3S. The lowest BCUT2D eigenvalue weighted by molar-refractivity contribution is 0.280. The predicted octanol–water partition coefficient (Wildman–Crippen LogP) is 2.31. The lowest BCUT2D eigenvalue weighted by Crippen LogP contribution is -2.09. The van der Waals surface area contributed by atoms with Gasteiger partial charge in [-0.05, 0) is 55.9 Å². The van der Waals surface area contributed by atoms with Crippen molar-refractivity contribution in [1.82, 2.24) is 4.57 Å². The summed E-state index contributed by atoms with van der Waals surface area (Å²) in [4.78, 5) is 0.391. The zero-order valence-corrected chi connectivity index (χ0v) is 13.1. The number of aliphatic hydroxyl groups is 1. The molecule has 1 heterocycles. The molecule has 1 aliphatic rings. The van der Waals surface area contributed by atoms with Crippen molar-refractivity contribution in [3.8, 4) is 0 Å². The third-order valence-electron chi connectivity index (χ3n) is 4.32. The molecule has 114 valence electrons. The maximum atomic E-state index is 11.8. The molecule has 21 heavy (non-hydrogen) atoms. The van der Waals surface area contributed by atoms with Crippen LogP contribution in [0.2, 0.25) is 0 Å². The van der Waals surface area contributed by atoms with Gasteiger partial charge in [0.1, 0.15) is 0 Å². The van der Waals surface area contributed by atoms with Crippen LogP contribution in [0.5, 0.6) is 0 Å². The molecule has 1 aromatic heterocycles. The Labute approximate surface area is 125 Å². The van der Waals surface area contributed by atoms with Crippen LogP contribution in [0, 0.1) is 0 Å². The van der Waals surface area contributed by atoms with Crippen molar-refractivity contribution in [2.45, 2.75) is 43.5 Å². The van der Waals surface area contributed by atoms with Gasteiger partial charge in [0, 0.05) is 36.0 Å². The molecule has 2 aromatic rings. The van der Waals surface area contributed by atoms with Crippen LogP contribution in [0.4, 0.5) is 0 Å². The van der Waals surface area contributed by atoms with Gasteiger partial charge in [0.2, 0.25) is 0 Å². The van der Waals surface area contributed by atoms with E-state index in [4.69, 9.17) is 5.11 Å². The Kier molecular flexibility index (Phi) is 3.80. The van der Waals surface area contributed by atoms with Crippen molar-refractivity contribution in [1.29, 1.82) is 0 Å². The molecule has 0 aliphatic heterocycles. The number of hydrogen-bond acceptors (Lipinski definition) is 3. The van der Waals surface area contributed by atoms with Gasteiger partial charge in [-0.15, -0.1) is 0 Å². The number of benzene rings is 1. The quantitative estimate of drug-likeness (QED) is 0.943. The molecule has 0 atom stereocenters. The maximum absolute atomic E-state index is 11.8. The van der Waals surface area contributed by atoms with Gasteiger partial charge >= 0.3 is 0 Å². The molecule has 0 bridgehead atoms. The minimum Gasteiger partial charge on any atom is -0.396 e. The van der Waals surface area contributed by atoms with Crippen LogP contribution in [-0.4, -0.2) is 31.0 Å². The highest BCUT2D eigenvalue weighted by Gasteiger charge is 2.21. The molecule has 0 amide bonds. The van der Waals surface area contributed by atoms with Crippen molar-refractivity contribution >= 4 is 20.7 Å². The Hall–Kier alpha value is -1.33. The fraction of sp³-hybridized carbons (Fsp3) is 0.500. The first-order valence-electron chi connectivity index (χ1n) is 7.47. The average molecular weight is 307 g/mol. The molecule has 3 rings (SSSR count). The predicted molar refractivity (Wildman–Crippen MR) is 83.4 cm³/mol. The number of aryl methyl sites for hydroxylation is 2. The average Bonchev–Trinajstić information content (AvgIpc) is 2.78. The van der Waals surface area contributed by atoms with Gasteiger partial charge in [0.05, 0.1) is 4.90 Å². The number of aromatic nitrogens is 1.